The molecule has 0 saturated heterocycles. The average Bonchev–Trinajstić information content (AvgIpc) is 3.45. The minimum Gasteiger partial charge on any atom is -0.494 e. The molecule has 2 aromatic rings. The van der Waals surface area contributed by atoms with Crippen LogP contribution in [0, 0.1) is 17.8 Å². The van der Waals surface area contributed by atoms with Gasteiger partial charge in [0.05, 0.1) is 36.6 Å². The summed E-state index contributed by atoms with van der Waals surface area (Å²) < 4.78 is 5.86. The van der Waals surface area contributed by atoms with Gasteiger partial charge in [0.25, 0.3) is 0 Å². The average molecular weight is 540 g/mol. The summed E-state index contributed by atoms with van der Waals surface area (Å²) in [5.41, 5.74) is 8.22. The molecule has 0 radical (unpaired) electrons. The molecule has 1 aromatic heterocycles. The van der Waals surface area contributed by atoms with Gasteiger partial charge in [0.2, 0.25) is 17.8 Å². The number of likely N-dealkylation sites (N-methyl/N-ethyl adjacent to an activating group) is 2. The Labute approximate surface area is 227 Å². The second kappa shape index (κ2) is 10.4. The minimum atomic E-state index is -0.325. The Morgan fingerprint density at radius 1 is 1.29 bits per heavy atom. The summed E-state index contributed by atoms with van der Waals surface area (Å²) in [5.74, 6) is 1.19. The number of primary amides is 1. The van der Waals surface area contributed by atoms with Crippen LogP contribution in [-0.4, -0.2) is 66.5 Å². The maximum atomic E-state index is 13.2. The number of benzene rings is 1. The molecule has 10 nitrogen and oxygen atoms in total. The van der Waals surface area contributed by atoms with Crippen LogP contribution in [0.3, 0.4) is 0 Å². The van der Waals surface area contributed by atoms with Gasteiger partial charge in [0.1, 0.15) is 10.8 Å². The van der Waals surface area contributed by atoms with E-state index in [1.165, 1.54) is 6.20 Å². The van der Waals surface area contributed by atoms with Gasteiger partial charge in [-0.1, -0.05) is 23.8 Å². The molecule has 5 rings (SSSR count). The van der Waals surface area contributed by atoms with Crippen molar-refractivity contribution in [1.29, 1.82) is 0 Å². The van der Waals surface area contributed by atoms with Crippen LogP contribution >= 0.6 is 11.6 Å². The number of fused-ring (bicyclic) bond motifs is 3. The number of hydrogen-bond donors (Lipinski definition) is 3. The zero-order valence-electron chi connectivity index (χ0n) is 22.1. The molecule has 0 spiro atoms. The van der Waals surface area contributed by atoms with Crippen LogP contribution < -0.4 is 26.0 Å². The first-order chi connectivity index (χ1) is 18.2. The van der Waals surface area contributed by atoms with Gasteiger partial charge in [-0.3, -0.25) is 14.5 Å². The molecule has 1 unspecified atom stereocenters. The first-order valence-corrected chi connectivity index (χ1v) is 13.3. The monoisotopic (exact) mass is 539 g/mol. The Kier molecular flexibility index (Phi) is 7.19. The van der Waals surface area contributed by atoms with Crippen LogP contribution in [0.1, 0.15) is 25.3 Å². The summed E-state index contributed by atoms with van der Waals surface area (Å²) in [6.07, 6.45) is 7.97. The lowest BCUT2D eigenvalue weighted by Gasteiger charge is -2.28. The number of nitrogens with zero attached hydrogens (tertiary/aromatic N) is 4. The first kappa shape index (κ1) is 26.2. The lowest BCUT2D eigenvalue weighted by atomic mass is 9.88. The van der Waals surface area contributed by atoms with Gasteiger partial charge in [-0.15, -0.1) is 0 Å². The van der Waals surface area contributed by atoms with Crippen LogP contribution in [-0.2, 0) is 16.0 Å². The Balaban J connectivity index is 1.44. The Morgan fingerprint density at radius 2 is 2.05 bits per heavy atom. The molecule has 1 fully saturated rings. The zero-order valence-corrected chi connectivity index (χ0v) is 22.8. The van der Waals surface area contributed by atoms with Gasteiger partial charge in [-0.25, -0.2) is 4.98 Å². The molecule has 5 atom stereocenters. The number of nitrogens with one attached hydrogen (secondary N) is 2. The van der Waals surface area contributed by atoms with Gasteiger partial charge >= 0.3 is 0 Å². The van der Waals surface area contributed by atoms with Crippen LogP contribution in [0.2, 0.25) is 5.02 Å². The van der Waals surface area contributed by atoms with Crippen LogP contribution in [0.5, 0.6) is 5.75 Å². The highest BCUT2D eigenvalue weighted by atomic mass is 35.5. The van der Waals surface area contributed by atoms with Crippen molar-refractivity contribution in [3.63, 3.8) is 0 Å². The number of allylic oxidation sites excluding steroid dienone is 1. The molecule has 1 aromatic carbocycles. The van der Waals surface area contributed by atoms with Crippen molar-refractivity contribution in [2.24, 2.45) is 23.5 Å². The number of hydrogen-bond acceptors (Lipinski definition) is 8. The van der Waals surface area contributed by atoms with Crippen LogP contribution in [0.25, 0.3) is 0 Å². The van der Waals surface area contributed by atoms with E-state index < -0.39 is 0 Å². The van der Waals surface area contributed by atoms with E-state index in [1.54, 1.807) is 7.11 Å². The van der Waals surface area contributed by atoms with Gasteiger partial charge in [-0.2, -0.15) is 4.98 Å². The molecule has 202 valence electrons. The number of ether oxygens (including phenoxy) is 1. The number of aromatic nitrogens is 2. The molecule has 2 heterocycles. The quantitative estimate of drug-likeness (QED) is 0.437. The van der Waals surface area contributed by atoms with E-state index in [0.717, 1.165) is 17.7 Å². The molecule has 2 bridgehead atoms. The SMILES string of the molecule is CCN1C(=O)C(N(C)C)CCc2c1ccc(Nc1ncc(Cl)c(N[C@H]3[C@@H](C(N)=O)[C@@H]4C=C[C@H]3C4)n1)c2OC. The van der Waals surface area contributed by atoms with E-state index in [4.69, 9.17) is 22.1 Å². The van der Waals surface area contributed by atoms with Crippen LogP contribution in [0.4, 0.5) is 23.1 Å². The highest BCUT2D eigenvalue weighted by Gasteiger charge is 2.47. The van der Waals surface area contributed by atoms with Crippen molar-refractivity contribution < 1.29 is 14.3 Å². The lowest BCUT2D eigenvalue weighted by molar-refractivity contribution is -0.123. The van der Waals surface area contributed by atoms with E-state index >= 15 is 0 Å². The van der Waals surface area contributed by atoms with E-state index in [1.807, 2.05) is 43.0 Å². The van der Waals surface area contributed by atoms with Crippen molar-refractivity contribution in [1.82, 2.24) is 14.9 Å². The smallest absolute Gasteiger partial charge is 0.244 e. The fraction of sp³-hybridized carbons (Fsp3) is 0.481. The third kappa shape index (κ3) is 4.56. The van der Waals surface area contributed by atoms with Crippen molar-refractivity contribution in [3.05, 3.63) is 41.1 Å². The first-order valence-electron chi connectivity index (χ1n) is 12.9. The number of anilines is 4. The number of halogens is 1. The number of amides is 2. The predicted molar refractivity (Wildman–Crippen MR) is 148 cm³/mol. The maximum Gasteiger partial charge on any atom is 0.244 e. The summed E-state index contributed by atoms with van der Waals surface area (Å²) in [4.78, 5) is 38.2. The second-order valence-corrected chi connectivity index (χ2v) is 10.7. The highest BCUT2D eigenvalue weighted by molar-refractivity contribution is 6.32. The molecule has 1 aliphatic heterocycles. The summed E-state index contributed by atoms with van der Waals surface area (Å²) in [5, 5.41) is 6.98. The Morgan fingerprint density at radius 3 is 2.74 bits per heavy atom. The molecule has 3 aliphatic rings. The normalized spacial score (nSPS) is 25.9. The number of carbonyl (C=O) groups excluding carboxylic acids is 2. The molecular weight excluding hydrogens is 506 g/mol. The third-order valence-corrected chi connectivity index (χ3v) is 8.25. The molecule has 38 heavy (non-hydrogen) atoms. The molecule has 1 saturated carbocycles. The maximum absolute atomic E-state index is 13.2. The largest absolute Gasteiger partial charge is 0.494 e. The minimum absolute atomic E-state index is 0.0838. The predicted octanol–water partition coefficient (Wildman–Crippen LogP) is 3.20. The van der Waals surface area contributed by atoms with E-state index in [0.29, 0.717) is 47.6 Å². The standard InChI is InChI=1S/C27H34ClN7O3/c1-5-35-19-11-9-18(23(38-4)16(19)8-10-20(26(35)37)34(2)3)31-27-30-13-17(28)25(33-27)32-22-15-7-6-14(12-15)21(22)24(29)36/h6-7,9,11,13-15,20-22H,5,8,10,12H2,1-4H3,(H2,29,36)(H2,30,31,32,33)/t14-,15+,20?,21+,22-/m1/s1. The number of carbonyl (C=O) groups is 2. The molecular formula is C27H34ClN7O3. The fourth-order valence-electron chi connectivity index (χ4n) is 6.17. The van der Waals surface area contributed by atoms with Crippen molar-refractivity contribution in [2.75, 3.05) is 43.3 Å². The zero-order chi connectivity index (χ0) is 27.1. The number of rotatable bonds is 8. The topological polar surface area (TPSA) is 126 Å². The van der Waals surface area contributed by atoms with Gasteiger partial charge in [0.15, 0.2) is 5.82 Å². The summed E-state index contributed by atoms with van der Waals surface area (Å²) in [6, 6.07) is 3.43. The molecule has 11 heteroatoms. The highest BCUT2D eigenvalue weighted by Crippen LogP contribution is 2.45. The Bertz CT molecular complexity index is 1280. The summed E-state index contributed by atoms with van der Waals surface area (Å²) in [7, 11) is 5.48. The second-order valence-electron chi connectivity index (χ2n) is 10.3. The number of methoxy groups -OCH3 is 1. The fourth-order valence-corrected chi connectivity index (χ4v) is 6.31. The van der Waals surface area contributed by atoms with Gasteiger partial charge < -0.3 is 26.0 Å². The van der Waals surface area contributed by atoms with E-state index in [-0.39, 0.29) is 41.7 Å². The van der Waals surface area contributed by atoms with Gasteiger partial charge in [0, 0.05) is 18.2 Å². The third-order valence-electron chi connectivity index (χ3n) is 7.97. The molecule has 2 aliphatic carbocycles. The number of nitrogens with two attached hydrogens (primary N) is 1. The van der Waals surface area contributed by atoms with Gasteiger partial charge in [-0.05, 0) is 64.3 Å². The summed E-state index contributed by atoms with van der Waals surface area (Å²) in [6.45, 7) is 2.54. The molecule has 4 N–H and O–H groups in total. The van der Waals surface area contributed by atoms with E-state index in [2.05, 4.69) is 32.8 Å². The van der Waals surface area contributed by atoms with Crippen molar-refractivity contribution >= 4 is 46.6 Å². The molecule has 2 amide bonds. The van der Waals surface area contributed by atoms with Crippen molar-refractivity contribution in [3.8, 4) is 5.75 Å². The van der Waals surface area contributed by atoms with E-state index in [9.17, 15) is 9.59 Å². The van der Waals surface area contributed by atoms with Crippen LogP contribution in [0.15, 0.2) is 30.5 Å². The Hall–Kier alpha value is -3.37. The summed E-state index contributed by atoms with van der Waals surface area (Å²) >= 11 is 6.45. The lowest BCUT2D eigenvalue weighted by Crippen LogP contribution is -2.45. The van der Waals surface area contributed by atoms with Crippen molar-refractivity contribution in [2.45, 2.75) is 38.3 Å².